The number of anilines is 3. The predicted octanol–water partition coefficient (Wildman–Crippen LogP) is 4.93. The van der Waals surface area contributed by atoms with Crippen molar-refractivity contribution in [3.8, 4) is 0 Å². The van der Waals surface area contributed by atoms with E-state index in [0.29, 0.717) is 5.69 Å². The SMILES string of the molecule is Cc1cc(N2CCN(c3ncccn3)CC2)nc2ccc(NC(=O)c3cccc(C(F)(F)F)c3)cc12. The summed E-state index contributed by atoms with van der Waals surface area (Å²) in [6.45, 7) is 5.09. The average molecular weight is 493 g/mol. The number of hydrogen-bond donors (Lipinski definition) is 1. The van der Waals surface area contributed by atoms with Crippen LogP contribution in [-0.2, 0) is 6.18 Å². The lowest BCUT2D eigenvalue weighted by Crippen LogP contribution is -2.47. The maximum Gasteiger partial charge on any atom is 0.416 e. The van der Waals surface area contributed by atoms with Crippen molar-refractivity contribution in [3.05, 3.63) is 83.7 Å². The third-order valence-electron chi connectivity index (χ3n) is 6.15. The molecule has 3 heterocycles. The Hall–Kier alpha value is -4.21. The number of benzene rings is 2. The average Bonchev–Trinajstić information content (AvgIpc) is 2.89. The first-order chi connectivity index (χ1) is 17.3. The van der Waals surface area contributed by atoms with Gasteiger partial charge in [-0.1, -0.05) is 6.07 Å². The zero-order valence-electron chi connectivity index (χ0n) is 19.5. The highest BCUT2D eigenvalue weighted by Crippen LogP contribution is 2.30. The van der Waals surface area contributed by atoms with Crippen LogP contribution in [0.5, 0.6) is 0 Å². The van der Waals surface area contributed by atoms with Gasteiger partial charge < -0.3 is 15.1 Å². The third-order valence-corrected chi connectivity index (χ3v) is 6.15. The van der Waals surface area contributed by atoms with E-state index in [9.17, 15) is 18.0 Å². The standard InChI is InChI=1S/C26H23F3N6O/c1-17-14-23(34-10-12-35(13-11-34)25-30-8-3-9-31-25)33-22-7-6-20(16-21(17)22)32-24(36)18-4-2-5-19(15-18)26(27,28)29/h2-9,14-16H,10-13H2,1H3,(H,32,36). The summed E-state index contributed by atoms with van der Waals surface area (Å²) < 4.78 is 39.0. The molecule has 1 N–H and O–H groups in total. The first kappa shape index (κ1) is 23.5. The summed E-state index contributed by atoms with van der Waals surface area (Å²) in [5, 5.41) is 3.55. The van der Waals surface area contributed by atoms with E-state index >= 15 is 0 Å². The third kappa shape index (κ3) is 4.93. The number of nitrogens with zero attached hydrogens (tertiary/aromatic N) is 5. The molecule has 10 heteroatoms. The van der Waals surface area contributed by atoms with Crippen LogP contribution < -0.4 is 15.1 Å². The highest BCUT2D eigenvalue weighted by molar-refractivity contribution is 6.05. The number of nitrogens with one attached hydrogen (secondary N) is 1. The van der Waals surface area contributed by atoms with Crippen molar-refractivity contribution in [1.29, 1.82) is 0 Å². The number of carbonyl (C=O) groups excluding carboxylic acids is 1. The molecular formula is C26H23F3N6O. The van der Waals surface area contributed by atoms with Gasteiger partial charge in [-0.15, -0.1) is 0 Å². The molecule has 1 aliphatic rings. The highest BCUT2D eigenvalue weighted by atomic mass is 19.4. The maximum absolute atomic E-state index is 13.0. The van der Waals surface area contributed by atoms with Crippen LogP contribution >= 0.6 is 0 Å². The number of pyridine rings is 1. The summed E-state index contributed by atoms with van der Waals surface area (Å²) in [6.07, 6.45) is -1.04. The summed E-state index contributed by atoms with van der Waals surface area (Å²) >= 11 is 0. The lowest BCUT2D eigenvalue weighted by molar-refractivity contribution is -0.137. The molecule has 0 radical (unpaired) electrons. The van der Waals surface area contributed by atoms with Gasteiger partial charge in [-0.05, 0) is 61.0 Å². The number of halogens is 3. The van der Waals surface area contributed by atoms with Crippen LogP contribution in [0.1, 0.15) is 21.5 Å². The van der Waals surface area contributed by atoms with Gasteiger partial charge in [0.25, 0.3) is 5.91 Å². The summed E-state index contributed by atoms with van der Waals surface area (Å²) in [5.74, 6) is 0.983. The molecule has 184 valence electrons. The van der Waals surface area contributed by atoms with Crippen molar-refractivity contribution in [2.45, 2.75) is 13.1 Å². The molecule has 0 spiro atoms. The second kappa shape index (κ2) is 9.44. The zero-order chi connectivity index (χ0) is 25.3. The fourth-order valence-corrected chi connectivity index (χ4v) is 4.25. The van der Waals surface area contributed by atoms with E-state index in [0.717, 1.165) is 66.5 Å². The van der Waals surface area contributed by atoms with Gasteiger partial charge in [0.2, 0.25) is 5.95 Å². The fraction of sp³-hybridized carbons (Fsp3) is 0.231. The molecule has 2 aromatic carbocycles. The van der Waals surface area contributed by atoms with Crippen LogP contribution in [0.2, 0.25) is 0 Å². The number of aryl methyl sites for hydroxylation is 1. The summed E-state index contributed by atoms with van der Waals surface area (Å²) in [6, 6.07) is 13.5. The number of piperazine rings is 1. The minimum Gasteiger partial charge on any atom is -0.353 e. The van der Waals surface area contributed by atoms with Crippen LogP contribution in [-0.4, -0.2) is 47.0 Å². The Bertz CT molecular complexity index is 1400. The Kier molecular flexibility index (Phi) is 6.17. The van der Waals surface area contributed by atoms with Crippen LogP contribution in [0, 0.1) is 6.92 Å². The van der Waals surface area contributed by atoms with E-state index in [-0.39, 0.29) is 5.56 Å². The Balaban J connectivity index is 1.31. The number of aromatic nitrogens is 3. The molecule has 0 saturated carbocycles. The van der Waals surface area contributed by atoms with E-state index in [2.05, 4.69) is 25.1 Å². The van der Waals surface area contributed by atoms with E-state index in [4.69, 9.17) is 4.98 Å². The van der Waals surface area contributed by atoms with E-state index in [1.165, 1.54) is 12.1 Å². The predicted molar refractivity (Wildman–Crippen MR) is 132 cm³/mol. The molecule has 0 aliphatic carbocycles. The molecule has 5 rings (SSSR count). The van der Waals surface area contributed by atoms with Gasteiger partial charge in [-0.3, -0.25) is 4.79 Å². The molecule has 1 fully saturated rings. The van der Waals surface area contributed by atoms with Crippen LogP contribution in [0.15, 0.2) is 67.0 Å². The number of alkyl halides is 3. The van der Waals surface area contributed by atoms with Gasteiger partial charge in [0.15, 0.2) is 0 Å². The molecule has 1 amide bonds. The molecule has 2 aromatic heterocycles. The number of amides is 1. The minimum absolute atomic E-state index is 0.0600. The van der Waals surface area contributed by atoms with Gasteiger partial charge in [-0.25, -0.2) is 15.0 Å². The quantitative estimate of drug-likeness (QED) is 0.436. The van der Waals surface area contributed by atoms with Gasteiger partial charge in [-0.2, -0.15) is 13.2 Å². The van der Waals surface area contributed by atoms with Gasteiger partial charge in [0.05, 0.1) is 11.1 Å². The van der Waals surface area contributed by atoms with Crippen molar-refractivity contribution in [3.63, 3.8) is 0 Å². The monoisotopic (exact) mass is 492 g/mol. The summed E-state index contributed by atoms with van der Waals surface area (Å²) in [5.41, 5.74) is 1.32. The zero-order valence-corrected chi connectivity index (χ0v) is 19.5. The molecule has 4 aromatic rings. The number of hydrogen-bond acceptors (Lipinski definition) is 6. The van der Waals surface area contributed by atoms with E-state index < -0.39 is 17.6 Å². The van der Waals surface area contributed by atoms with Crippen LogP contribution in [0.4, 0.5) is 30.6 Å². The normalized spacial score (nSPS) is 14.2. The second-order valence-electron chi connectivity index (χ2n) is 8.58. The molecule has 1 aliphatic heterocycles. The minimum atomic E-state index is -4.51. The smallest absolute Gasteiger partial charge is 0.353 e. The van der Waals surface area contributed by atoms with Crippen molar-refractivity contribution in [1.82, 2.24) is 15.0 Å². The van der Waals surface area contributed by atoms with Crippen molar-refractivity contribution in [2.24, 2.45) is 0 Å². The van der Waals surface area contributed by atoms with Crippen molar-refractivity contribution < 1.29 is 18.0 Å². The highest BCUT2D eigenvalue weighted by Gasteiger charge is 2.31. The number of rotatable bonds is 4. The maximum atomic E-state index is 13.0. The lowest BCUT2D eigenvalue weighted by atomic mass is 10.1. The molecule has 36 heavy (non-hydrogen) atoms. The summed E-state index contributed by atoms with van der Waals surface area (Å²) in [7, 11) is 0. The Morgan fingerprint density at radius 2 is 1.64 bits per heavy atom. The Morgan fingerprint density at radius 3 is 2.36 bits per heavy atom. The molecular weight excluding hydrogens is 469 g/mol. The van der Waals surface area contributed by atoms with Crippen molar-refractivity contribution >= 4 is 34.3 Å². The van der Waals surface area contributed by atoms with Gasteiger partial charge >= 0.3 is 6.18 Å². The summed E-state index contributed by atoms with van der Waals surface area (Å²) in [4.78, 5) is 30.4. The molecule has 7 nitrogen and oxygen atoms in total. The molecule has 0 atom stereocenters. The first-order valence-corrected chi connectivity index (χ1v) is 11.4. The van der Waals surface area contributed by atoms with Gasteiger partial charge in [0, 0.05) is 55.2 Å². The Morgan fingerprint density at radius 1 is 0.917 bits per heavy atom. The fourth-order valence-electron chi connectivity index (χ4n) is 4.25. The largest absolute Gasteiger partial charge is 0.416 e. The van der Waals surface area contributed by atoms with Crippen LogP contribution in [0.3, 0.4) is 0 Å². The first-order valence-electron chi connectivity index (χ1n) is 11.4. The second-order valence-corrected chi connectivity index (χ2v) is 8.58. The van der Waals surface area contributed by atoms with Gasteiger partial charge in [0.1, 0.15) is 5.82 Å². The topological polar surface area (TPSA) is 74.2 Å². The van der Waals surface area contributed by atoms with Crippen molar-refractivity contribution in [2.75, 3.05) is 41.3 Å². The van der Waals surface area contributed by atoms with E-state index in [1.54, 1.807) is 30.6 Å². The molecule has 1 saturated heterocycles. The number of carbonyl (C=O) groups is 1. The Labute approximate surface area is 205 Å². The lowest BCUT2D eigenvalue weighted by Gasteiger charge is -2.35. The number of fused-ring (bicyclic) bond motifs is 1. The molecule has 0 bridgehead atoms. The van der Waals surface area contributed by atoms with E-state index in [1.807, 2.05) is 19.1 Å². The molecule has 0 unspecified atom stereocenters. The van der Waals surface area contributed by atoms with Crippen LogP contribution in [0.25, 0.3) is 10.9 Å².